The molecule has 0 spiro atoms. The van der Waals surface area contributed by atoms with Crippen LogP contribution in [-0.4, -0.2) is 57.9 Å². The van der Waals surface area contributed by atoms with Crippen LogP contribution in [0.25, 0.3) is 0 Å². The molecule has 0 saturated carbocycles. The van der Waals surface area contributed by atoms with Crippen molar-refractivity contribution in [2.24, 2.45) is 0 Å². The second kappa shape index (κ2) is 6.22. The number of sulfonamides is 1. The van der Waals surface area contributed by atoms with Gasteiger partial charge in [-0.3, -0.25) is 0 Å². The van der Waals surface area contributed by atoms with Gasteiger partial charge in [0.15, 0.2) is 0 Å². The Hall–Kier alpha value is -0.950. The predicted octanol–water partition coefficient (Wildman–Crippen LogP) is 0.651. The summed E-state index contributed by atoms with van der Waals surface area (Å²) in [5, 5.41) is 3.05. The van der Waals surface area contributed by atoms with Gasteiger partial charge in [0.2, 0.25) is 10.0 Å². The van der Waals surface area contributed by atoms with Crippen LogP contribution in [-0.2, 0) is 16.6 Å². The van der Waals surface area contributed by atoms with Crippen molar-refractivity contribution in [3.63, 3.8) is 0 Å². The summed E-state index contributed by atoms with van der Waals surface area (Å²) in [5.74, 6) is 0. The van der Waals surface area contributed by atoms with Gasteiger partial charge in [0.1, 0.15) is 0 Å². The molecular weight excluding hydrogens is 274 g/mol. The molecule has 1 fully saturated rings. The van der Waals surface area contributed by atoms with E-state index in [1.165, 1.54) is 0 Å². The normalized spacial score (nSPS) is 18.4. The van der Waals surface area contributed by atoms with Gasteiger partial charge in [-0.2, -0.15) is 4.31 Å². The number of hydrogen-bond acceptors (Lipinski definition) is 4. The minimum atomic E-state index is -3.38. The van der Waals surface area contributed by atoms with E-state index in [1.54, 1.807) is 10.4 Å². The van der Waals surface area contributed by atoms with Gasteiger partial charge in [-0.15, -0.1) is 0 Å². The number of likely N-dealkylation sites (N-methyl/N-ethyl adjacent to an activating group) is 1. The maximum Gasteiger partial charge on any atom is 0.243 e. The average molecular weight is 297 g/mol. The quantitative estimate of drug-likeness (QED) is 0.887. The summed E-state index contributed by atoms with van der Waals surface area (Å²) in [6, 6.07) is 5.64. The summed E-state index contributed by atoms with van der Waals surface area (Å²) < 4.78 is 27.1. The summed E-state index contributed by atoms with van der Waals surface area (Å²) in [4.78, 5) is 2.59. The maximum atomic E-state index is 12.8. The van der Waals surface area contributed by atoms with Gasteiger partial charge in [0.05, 0.1) is 4.90 Å². The standard InChI is InChI=1S/C14H23N3O2S/c1-12-4-5-13(11-15-2)10-14(12)20(18,19)17-8-6-16(3)7-9-17/h4-5,10,15H,6-9,11H2,1-3H3. The molecule has 1 saturated heterocycles. The summed E-state index contributed by atoms with van der Waals surface area (Å²) in [6.45, 7) is 5.23. The van der Waals surface area contributed by atoms with Crippen LogP contribution in [0.15, 0.2) is 23.1 Å². The van der Waals surface area contributed by atoms with Crippen molar-refractivity contribution < 1.29 is 8.42 Å². The molecule has 1 aliphatic rings. The highest BCUT2D eigenvalue weighted by atomic mass is 32.2. The first kappa shape index (κ1) is 15.4. The van der Waals surface area contributed by atoms with Crippen LogP contribution < -0.4 is 5.32 Å². The molecule has 6 heteroatoms. The zero-order chi connectivity index (χ0) is 14.8. The topological polar surface area (TPSA) is 52.7 Å². The predicted molar refractivity (Wildman–Crippen MR) is 80.2 cm³/mol. The van der Waals surface area contributed by atoms with Crippen LogP contribution in [0, 0.1) is 6.92 Å². The van der Waals surface area contributed by atoms with E-state index in [-0.39, 0.29) is 0 Å². The number of nitrogens with one attached hydrogen (secondary N) is 1. The van der Waals surface area contributed by atoms with Gasteiger partial charge in [-0.25, -0.2) is 8.42 Å². The van der Waals surface area contributed by atoms with E-state index in [9.17, 15) is 8.42 Å². The van der Waals surface area contributed by atoms with Crippen molar-refractivity contribution in [3.8, 4) is 0 Å². The fourth-order valence-corrected chi connectivity index (χ4v) is 4.10. The number of rotatable bonds is 4. The molecule has 1 aromatic carbocycles. The molecule has 0 atom stereocenters. The van der Waals surface area contributed by atoms with E-state index in [2.05, 4.69) is 10.2 Å². The molecule has 1 aliphatic heterocycles. The molecule has 0 radical (unpaired) electrons. The lowest BCUT2D eigenvalue weighted by Crippen LogP contribution is -2.47. The lowest BCUT2D eigenvalue weighted by Gasteiger charge is -2.32. The van der Waals surface area contributed by atoms with Crippen molar-refractivity contribution in [2.75, 3.05) is 40.3 Å². The zero-order valence-corrected chi connectivity index (χ0v) is 13.2. The fraction of sp³-hybridized carbons (Fsp3) is 0.571. The minimum absolute atomic E-state index is 0.440. The molecule has 0 unspecified atom stereocenters. The van der Waals surface area contributed by atoms with Gasteiger partial charge >= 0.3 is 0 Å². The van der Waals surface area contributed by atoms with Crippen molar-refractivity contribution >= 4 is 10.0 Å². The Balaban J connectivity index is 2.31. The van der Waals surface area contributed by atoms with Crippen LogP contribution in [0.5, 0.6) is 0 Å². The van der Waals surface area contributed by atoms with Crippen LogP contribution in [0.2, 0.25) is 0 Å². The second-order valence-corrected chi connectivity index (χ2v) is 7.24. The van der Waals surface area contributed by atoms with Crippen LogP contribution >= 0.6 is 0 Å². The van der Waals surface area contributed by atoms with E-state index >= 15 is 0 Å². The lowest BCUT2D eigenvalue weighted by atomic mass is 10.1. The van der Waals surface area contributed by atoms with E-state index < -0.39 is 10.0 Å². The van der Waals surface area contributed by atoms with Gasteiger partial charge in [0.25, 0.3) is 0 Å². The molecule has 1 N–H and O–H groups in total. The summed E-state index contributed by atoms with van der Waals surface area (Å²) in [5.41, 5.74) is 1.80. The van der Waals surface area contributed by atoms with E-state index in [1.807, 2.05) is 33.2 Å². The van der Waals surface area contributed by atoms with Crippen LogP contribution in [0.4, 0.5) is 0 Å². The first-order chi connectivity index (χ1) is 9.45. The molecule has 5 nitrogen and oxygen atoms in total. The molecule has 0 bridgehead atoms. The van der Waals surface area contributed by atoms with Gasteiger partial charge < -0.3 is 10.2 Å². The monoisotopic (exact) mass is 297 g/mol. The summed E-state index contributed by atoms with van der Waals surface area (Å²) >= 11 is 0. The molecule has 0 aliphatic carbocycles. The van der Waals surface area contributed by atoms with Gasteiger partial charge in [0, 0.05) is 32.7 Å². The first-order valence-electron chi connectivity index (χ1n) is 6.88. The minimum Gasteiger partial charge on any atom is -0.316 e. The van der Waals surface area contributed by atoms with Gasteiger partial charge in [-0.1, -0.05) is 12.1 Å². The Bertz CT molecular complexity index is 564. The summed E-state index contributed by atoms with van der Waals surface area (Å²) in [6.07, 6.45) is 0. The van der Waals surface area contributed by atoms with E-state index in [0.717, 1.165) is 24.2 Å². The number of nitrogens with zero attached hydrogens (tertiary/aromatic N) is 2. The largest absolute Gasteiger partial charge is 0.316 e. The smallest absolute Gasteiger partial charge is 0.243 e. The fourth-order valence-electron chi connectivity index (χ4n) is 2.40. The number of piperazine rings is 1. The lowest BCUT2D eigenvalue weighted by molar-refractivity contribution is 0.222. The average Bonchev–Trinajstić information content (AvgIpc) is 2.41. The molecule has 1 heterocycles. The van der Waals surface area contributed by atoms with Crippen LogP contribution in [0.3, 0.4) is 0 Å². The van der Waals surface area contributed by atoms with Gasteiger partial charge in [-0.05, 0) is 38.2 Å². The Kier molecular flexibility index (Phi) is 4.80. The molecule has 0 aromatic heterocycles. The third-order valence-electron chi connectivity index (χ3n) is 3.71. The van der Waals surface area contributed by atoms with Crippen LogP contribution in [0.1, 0.15) is 11.1 Å². The number of aryl methyl sites for hydroxylation is 1. The highest BCUT2D eigenvalue weighted by molar-refractivity contribution is 7.89. The highest BCUT2D eigenvalue weighted by Gasteiger charge is 2.28. The van der Waals surface area contributed by atoms with E-state index in [0.29, 0.717) is 24.5 Å². The van der Waals surface area contributed by atoms with Crippen molar-refractivity contribution in [1.82, 2.24) is 14.5 Å². The number of benzene rings is 1. The second-order valence-electron chi connectivity index (χ2n) is 5.34. The Morgan fingerprint density at radius 1 is 1.20 bits per heavy atom. The third-order valence-corrected chi connectivity index (χ3v) is 5.75. The zero-order valence-electron chi connectivity index (χ0n) is 12.4. The highest BCUT2D eigenvalue weighted by Crippen LogP contribution is 2.22. The molecule has 2 rings (SSSR count). The molecule has 0 amide bonds. The van der Waals surface area contributed by atoms with Crippen molar-refractivity contribution in [3.05, 3.63) is 29.3 Å². The van der Waals surface area contributed by atoms with E-state index in [4.69, 9.17) is 0 Å². The Labute approximate surface area is 121 Å². The molecule has 1 aromatic rings. The first-order valence-corrected chi connectivity index (χ1v) is 8.32. The Morgan fingerprint density at radius 3 is 2.45 bits per heavy atom. The molecule has 112 valence electrons. The summed E-state index contributed by atoms with van der Waals surface area (Å²) in [7, 11) is 0.494. The third kappa shape index (κ3) is 3.20. The van der Waals surface area contributed by atoms with Crippen molar-refractivity contribution in [1.29, 1.82) is 0 Å². The van der Waals surface area contributed by atoms with Crippen molar-refractivity contribution in [2.45, 2.75) is 18.4 Å². The molecular formula is C14H23N3O2S. The number of hydrogen-bond donors (Lipinski definition) is 1. The molecule has 20 heavy (non-hydrogen) atoms. The Morgan fingerprint density at radius 2 is 1.85 bits per heavy atom. The SMILES string of the molecule is CNCc1ccc(C)c(S(=O)(=O)N2CCN(C)CC2)c1. The maximum absolute atomic E-state index is 12.8.